The molecule has 0 spiro atoms. The van der Waals surface area contributed by atoms with E-state index in [4.69, 9.17) is 9.47 Å². The molecule has 1 saturated heterocycles. The Morgan fingerprint density at radius 3 is 2.47 bits per heavy atom. The van der Waals surface area contributed by atoms with Gasteiger partial charge in [-0.3, -0.25) is 0 Å². The maximum atomic E-state index is 11.5. The molecule has 0 aromatic heterocycles. The minimum atomic E-state index is -1.47. The van der Waals surface area contributed by atoms with Crippen LogP contribution in [0.5, 0.6) is 0 Å². The molecule has 0 bridgehead atoms. The summed E-state index contributed by atoms with van der Waals surface area (Å²) in [7, 11) is 1.42. The Hall–Kier alpha value is -0.610. The number of hydrogen-bond acceptors (Lipinski definition) is 3. The van der Waals surface area contributed by atoms with Crippen LogP contribution in [0.2, 0.25) is 0 Å². The highest BCUT2D eigenvalue weighted by molar-refractivity contribution is 5.75. The van der Waals surface area contributed by atoms with Gasteiger partial charge in [-0.1, -0.05) is 41.0 Å². The first-order valence-electron chi connectivity index (χ1n) is 7.25. The Labute approximate surface area is 116 Å². The molecule has 19 heavy (non-hydrogen) atoms. The number of aliphatic carboxylic acids is 1. The van der Waals surface area contributed by atoms with Crippen LogP contribution in [0, 0.1) is 23.7 Å². The Kier molecular flexibility index (Phi) is 5.39. The third-order valence-corrected chi connectivity index (χ3v) is 5.05. The van der Waals surface area contributed by atoms with Gasteiger partial charge in [0, 0.05) is 13.5 Å². The van der Waals surface area contributed by atoms with Crippen molar-refractivity contribution < 1.29 is 19.4 Å². The summed E-state index contributed by atoms with van der Waals surface area (Å²) in [6.45, 7) is 10.7. The summed E-state index contributed by atoms with van der Waals surface area (Å²) >= 11 is 0. The third-order valence-electron chi connectivity index (χ3n) is 5.05. The zero-order valence-electron chi connectivity index (χ0n) is 13.0. The van der Waals surface area contributed by atoms with Crippen LogP contribution in [0.15, 0.2) is 0 Å². The summed E-state index contributed by atoms with van der Waals surface area (Å²) in [6, 6.07) is 0. The molecule has 0 aromatic rings. The molecule has 1 heterocycles. The van der Waals surface area contributed by atoms with Crippen LogP contribution in [0.25, 0.3) is 0 Å². The molecule has 4 heteroatoms. The van der Waals surface area contributed by atoms with Crippen LogP contribution in [0.1, 0.15) is 47.5 Å². The van der Waals surface area contributed by atoms with Crippen molar-refractivity contribution in [3.8, 4) is 0 Å². The minimum absolute atomic E-state index is 0.0743. The standard InChI is InChI=1S/C15H28O4/c1-7-9(2)11(4)13-12(5)10(3)8-15(18-6,19-13)14(16)17/h9-13H,7-8H2,1-6H3,(H,16,17). The van der Waals surface area contributed by atoms with Gasteiger partial charge in [0.05, 0.1) is 6.10 Å². The molecule has 0 radical (unpaired) electrons. The second-order valence-corrected chi connectivity index (χ2v) is 6.13. The molecule has 1 rings (SSSR count). The van der Waals surface area contributed by atoms with E-state index in [1.54, 1.807) is 0 Å². The van der Waals surface area contributed by atoms with Crippen molar-refractivity contribution in [1.82, 2.24) is 0 Å². The van der Waals surface area contributed by atoms with Crippen LogP contribution in [-0.2, 0) is 14.3 Å². The van der Waals surface area contributed by atoms with Crippen molar-refractivity contribution in [2.24, 2.45) is 23.7 Å². The quantitative estimate of drug-likeness (QED) is 0.835. The number of hydrogen-bond donors (Lipinski definition) is 1. The monoisotopic (exact) mass is 272 g/mol. The maximum absolute atomic E-state index is 11.5. The normalized spacial score (nSPS) is 38.7. The van der Waals surface area contributed by atoms with Gasteiger partial charge in [0.25, 0.3) is 5.79 Å². The summed E-state index contributed by atoms with van der Waals surface area (Å²) in [5.41, 5.74) is 0. The zero-order chi connectivity index (χ0) is 14.8. The lowest BCUT2D eigenvalue weighted by atomic mass is 9.74. The van der Waals surface area contributed by atoms with Crippen molar-refractivity contribution in [2.45, 2.75) is 59.4 Å². The molecule has 1 N–H and O–H groups in total. The summed E-state index contributed by atoms with van der Waals surface area (Å²) in [5.74, 6) is -1.07. The van der Waals surface area contributed by atoms with Crippen molar-refractivity contribution in [1.29, 1.82) is 0 Å². The Morgan fingerprint density at radius 2 is 2.05 bits per heavy atom. The SMILES string of the molecule is CCC(C)C(C)C1OC(OC)(C(=O)O)CC(C)C1C. The molecule has 1 fully saturated rings. The highest BCUT2D eigenvalue weighted by atomic mass is 16.7. The number of carboxylic acids is 1. The van der Waals surface area contributed by atoms with E-state index in [9.17, 15) is 9.90 Å². The van der Waals surface area contributed by atoms with E-state index >= 15 is 0 Å². The molecule has 4 nitrogen and oxygen atoms in total. The van der Waals surface area contributed by atoms with E-state index in [2.05, 4.69) is 34.6 Å². The molecule has 0 aromatic carbocycles. The highest BCUT2D eigenvalue weighted by Gasteiger charge is 2.51. The van der Waals surface area contributed by atoms with Gasteiger partial charge in [0.1, 0.15) is 0 Å². The first-order chi connectivity index (χ1) is 8.79. The molecule has 0 amide bonds. The fourth-order valence-electron chi connectivity index (χ4n) is 2.95. The van der Waals surface area contributed by atoms with Crippen LogP contribution in [0.4, 0.5) is 0 Å². The Balaban J connectivity index is 2.99. The number of carboxylic acid groups (broad SMARTS) is 1. The van der Waals surface area contributed by atoms with E-state index < -0.39 is 11.8 Å². The van der Waals surface area contributed by atoms with Crippen molar-refractivity contribution in [3.63, 3.8) is 0 Å². The molecule has 0 saturated carbocycles. The number of methoxy groups -OCH3 is 1. The molecular weight excluding hydrogens is 244 g/mol. The summed E-state index contributed by atoms with van der Waals surface area (Å²) in [4.78, 5) is 11.5. The van der Waals surface area contributed by atoms with Crippen molar-refractivity contribution >= 4 is 5.97 Å². The van der Waals surface area contributed by atoms with Gasteiger partial charge in [0.15, 0.2) is 0 Å². The summed E-state index contributed by atoms with van der Waals surface area (Å²) in [6.07, 6.45) is 1.40. The van der Waals surface area contributed by atoms with E-state index in [1.807, 2.05) is 0 Å². The van der Waals surface area contributed by atoms with E-state index in [-0.39, 0.29) is 12.0 Å². The Morgan fingerprint density at radius 1 is 1.47 bits per heavy atom. The lowest BCUT2D eigenvalue weighted by Crippen LogP contribution is -2.56. The van der Waals surface area contributed by atoms with Gasteiger partial charge in [0.2, 0.25) is 0 Å². The van der Waals surface area contributed by atoms with Crippen LogP contribution in [-0.4, -0.2) is 30.1 Å². The fraction of sp³-hybridized carbons (Fsp3) is 0.933. The van der Waals surface area contributed by atoms with Crippen LogP contribution in [0.3, 0.4) is 0 Å². The van der Waals surface area contributed by atoms with Crippen LogP contribution < -0.4 is 0 Å². The molecule has 6 unspecified atom stereocenters. The lowest BCUT2D eigenvalue weighted by Gasteiger charge is -2.46. The number of carbonyl (C=O) groups is 1. The van der Waals surface area contributed by atoms with E-state index in [1.165, 1.54) is 7.11 Å². The minimum Gasteiger partial charge on any atom is -0.477 e. The summed E-state index contributed by atoms with van der Waals surface area (Å²) in [5, 5.41) is 9.44. The molecule has 0 aliphatic carbocycles. The number of ether oxygens (including phenoxy) is 2. The average Bonchev–Trinajstić information content (AvgIpc) is 2.39. The topological polar surface area (TPSA) is 55.8 Å². The molecule has 1 aliphatic rings. The van der Waals surface area contributed by atoms with Crippen molar-refractivity contribution in [3.05, 3.63) is 0 Å². The second-order valence-electron chi connectivity index (χ2n) is 6.13. The molecule has 6 atom stereocenters. The largest absolute Gasteiger partial charge is 0.477 e. The lowest BCUT2D eigenvalue weighted by molar-refractivity contribution is -0.294. The first kappa shape index (κ1) is 16.4. The Bertz CT molecular complexity index is 317. The average molecular weight is 272 g/mol. The maximum Gasteiger partial charge on any atom is 0.364 e. The smallest absolute Gasteiger partial charge is 0.364 e. The van der Waals surface area contributed by atoms with Gasteiger partial charge in [-0.25, -0.2) is 4.79 Å². The number of rotatable bonds is 5. The predicted molar refractivity (Wildman–Crippen MR) is 73.8 cm³/mol. The van der Waals surface area contributed by atoms with E-state index in [0.29, 0.717) is 24.2 Å². The van der Waals surface area contributed by atoms with Gasteiger partial charge in [-0.05, 0) is 23.7 Å². The zero-order valence-corrected chi connectivity index (χ0v) is 13.0. The van der Waals surface area contributed by atoms with E-state index in [0.717, 1.165) is 6.42 Å². The third kappa shape index (κ3) is 3.11. The van der Waals surface area contributed by atoms with Gasteiger partial charge in [-0.2, -0.15) is 0 Å². The first-order valence-corrected chi connectivity index (χ1v) is 7.25. The highest BCUT2D eigenvalue weighted by Crippen LogP contribution is 2.41. The predicted octanol–water partition coefficient (Wildman–Crippen LogP) is 3.16. The fourth-order valence-corrected chi connectivity index (χ4v) is 2.95. The second kappa shape index (κ2) is 6.23. The van der Waals surface area contributed by atoms with Gasteiger partial charge in [-0.15, -0.1) is 0 Å². The van der Waals surface area contributed by atoms with Gasteiger partial charge < -0.3 is 14.6 Å². The molecule has 112 valence electrons. The van der Waals surface area contributed by atoms with Gasteiger partial charge >= 0.3 is 5.97 Å². The molecular formula is C15H28O4. The molecule has 1 aliphatic heterocycles. The van der Waals surface area contributed by atoms with Crippen LogP contribution >= 0.6 is 0 Å². The summed E-state index contributed by atoms with van der Waals surface area (Å²) < 4.78 is 11.2. The van der Waals surface area contributed by atoms with Crippen molar-refractivity contribution in [2.75, 3.05) is 7.11 Å².